The second kappa shape index (κ2) is 23.7. The van der Waals surface area contributed by atoms with Gasteiger partial charge in [-0.15, -0.1) is 0 Å². The summed E-state index contributed by atoms with van der Waals surface area (Å²) < 4.78 is 0. The van der Waals surface area contributed by atoms with Crippen LogP contribution < -0.4 is 0 Å². The quantitative estimate of drug-likeness (QED) is 0.338. The molecule has 0 amide bonds. The van der Waals surface area contributed by atoms with Crippen molar-refractivity contribution in [1.29, 1.82) is 0 Å². The molecule has 0 spiro atoms. The SMILES string of the molecule is C[C-](C)C.C[C-](C)C.C[C-](C)C.P.[Pd]. The molecule has 2 heteroatoms. The van der Waals surface area contributed by atoms with Crippen LogP contribution in [0.15, 0.2) is 0 Å². The van der Waals surface area contributed by atoms with E-state index in [9.17, 15) is 0 Å². The minimum absolute atomic E-state index is 0. The molecule has 1 unspecified atom stereocenters. The minimum Gasteiger partial charge on any atom is -0.323 e. The molecule has 0 saturated carbocycles. The van der Waals surface area contributed by atoms with Crippen LogP contribution in [0.2, 0.25) is 0 Å². The first-order valence-corrected chi connectivity index (χ1v) is 4.50. The molecule has 0 fully saturated rings. The van der Waals surface area contributed by atoms with Crippen molar-refractivity contribution in [1.82, 2.24) is 0 Å². The molecular weight excluding hydrogens is 282 g/mol. The number of rotatable bonds is 0. The van der Waals surface area contributed by atoms with Gasteiger partial charge in [0.05, 0.1) is 0 Å². The summed E-state index contributed by atoms with van der Waals surface area (Å²) in [5, 5.41) is 0. The Morgan fingerprint density at radius 3 is 0.429 bits per heavy atom. The van der Waals surface area contributed by atoms with Crippen molar-refractivity contribution in [3.05, 3.63) is 17.8 Å². The Labute approximate surface area is 110 Å². The fourth-order valence-electron chi connectivity index (χ4n) is 0. The summed E-state index contributed by atoms with van der Waals surface area (Å²) in [6, 6.07) is 0. The molecule has 1 atom stereocenters. The molecule has 0 aliphatic rings. The van der Waals surface area contributed by atoms with Gasteiger partial charge in [0.15, 0.2) is 0 Å². The van der Waals surface area contributed by atoms with Crippen LogP contribution in [0.25, 0.3) is 0 Å². The largest absolute Gasteiger partial charge is 0.323 e. The monoisotopic (exact) mass is 311 g/mol. The summed E-state index contributed by atoms with van der Waals surface area (Å²) >= 11 is 0. The zero-order valence-electron chi connectivity index (χ0n) is 11.5. The average Bonchev–Trinajstić information content (AvgIpc) is 1.54. The van der Waals surface area contributed by atoms with Gasteiger partial charge in [0.25, 0.3) is 0 Å². The molecule has 0 aliphatic carbocycles. The second-order valence-corrected chi connectivity index (χ2v) is 4.50. The van der Waals surface area contributed by atoms with Gasteiger partial charge in [-0.2, -0.15) is 72.2 Å². The maximum absolute atomic E-state index is 2.08. The molecule has 0 nitrogen and oxygen atoms in total. The van der Waals surface area contributed by atoms with Crippen LogP contribution in [0.1, 0.15) is 62.3 Å². The van der Waals surface area contributed by atoms with Crippen LogP contribution >= 0.6 is 9.90 Å². The molecule has 96 valence electrons. The van der Waals surface area contributed by atoms with Gasteiger partial charge in [-0.1, -0.05) is 0 Å². The molecule has 0 bridgehead atoms. The fraction of sp³-hybridized carbons (Fsp3) is 0.750. The summed E-state index contributed by atoms with van der Waals surface area (Å²) in [5.41, 5.74) is 0. The molecule has 0 aliphatic heterocycles. The Balaban J connectivity index is -0.0000000270. The predicted molar refractivity (Wildman–Crippen MR) is 71.9 cm³/mol. The smallest absolute Gasteiger partial charge is 0 e. The van der Waals surface area contributed by atoms with Crippen molar-refractivity contribution < 1.29 is 20.4 Å². The maximum atomic E-state index is 2.08. The molecule has 0 radical (unpaired) electrons. The predicted octanol–water partition coefficient (Wildman–Crippen LogP) is 4.92. The van der Waals surface area contributed by atoms with Crippen LogP contribution in [0.4, 0.5) is 0 Å². The van der Waals surface area contributed by atoms with E-state index in [1.807, 2.05) is 0 Å². The van der Waals surface area contributed by atoms with Crippen LogP contribution in [0.5, 0.6) is 0 Å². The van der Waals surface area contributed by atoms with Crippen molar-refractivity contribution >= 4 is 9.90 Å². The van der Waals surface area contributed by atoms with Crippen molar-refractivity contribution in [2.45, 2.75) is 62.3 Å². The van der Waals surface area contributed by atoms with Crippen LogP contribution in [-0.2, 0) is 20.4 Å². The number of hydrogen-bond acceptors (Lipinski definition) is 0. The summed E-state index contributed by atoms with van der Waals surface area (Å²) in [5.74, 6) is 4.25. The standard InChI is InChI=1S/3C4H9.H3P.Pd/c3*1-4(2)3;;/h3*1-3H3;1H3;/q3*-1;;. The topological polar surface area (TPSA) is 0 Å². The average molecular weight is 312 g/mol. The first kappa shape index (κ1) is 29.4. The van der Waals surface area contributed by atoms with Gasteiger partial charge in [-0.25, -0.2) is 0 Å². The third-order valence-corrected chi connectivity index (χ3v) is 0. The molecular formula is C12H30PPd-3. The molecule has 0 aromatic carbocycles. The van der Waals surface area contributed by atoms with Crippen molar-refractivity contribution in [3.8, 4) is 0 Å². The Hall–Kier alpha value is 1.09. The van der Waals surface area contributed by atoms with E-state index < -0.39 is 0 Å². The van der Waals surface area contributed by atoms with Crippen LogP contribution in [0, 0.1) is 17.8 Å². The molecule has 14 heavy (non-hydrogen) atoms. The summed E-state index contributed by atoms with van der Waals surface area (Å²) in [6.07, 6.45) is 0. The Morgan fingerprint density at radius 1 is 0.429 bits per heavy atom. The third-order valence-electron chi connectivity index (χ3n) is 0. The van der Waals surface area contributed by atoms with Crippen LogP contribution in [0.3, 0.4) is 0 Å². The van der Waals surface area contributed by atoms with Crippen LogP contribution in [-0.4, -0.2) is 0 Å². The van der Waals surface area contributed by atoms with Gasteiger partial charge in [0, 0.05) is 20.4 Å². The fourth-order valence-corrected chi connectivity index (χ4v) is 0. The van der Waals surface area contributed by atoms with E-state index in [4.69, 9.17) is 0 Å². The normalized spacial score (nSPS) is 7.71. The summed E-state index contributed by atoms with van der Waals surface area (Å²) in [4.78, 5) is 0. The van der Waals surface area contributed by atoms with Gasteiger partial charge >= 0.3 is 0 Å². The van der Waals surface area contributed by atoms with E-state index in [2.05, 4.69) is 62.3 Å². The second-order valence-electron chi connectivity index (χ2n) is 4.50. The summed E-state index contributed by atoms with van der Waals surface area (Å²) in [7, 11) is 0. The van der Waals surface area contributed by atoms with Gasteiger partial charge < -0.3 is 17.8 Å². The van der Waals surface area contributed by atoms with Gasteiger partial charge in [-0.3, -0.25) is 0 Å². The molecule has 0 N–H and O–H groups in total. The third kappa shape index (κ3) is 1600. The Kier molecular flexibility index (Phi) is 49.8. The molecule has 0 aromatic rings. The van der Waals surface area contributed by atoms with Crippen molar-refractivity contribution in [2.24, 2.45) is 0 Å². The molecule has 0 aromatic heterocycles. The molecule has 0 rings (SSSR count). The first-order chi connectivity index (χ1) is 5.20. The van der Waals surface area contributed by atoms with Crippen molar-refractivity contribution in [2.75, 3.05) is 0 Å². The minimum atomic E-state index is 0. The first-order valence-electron chi connectivity index (χ1n) is 4.50. The Bertz CT molecular complexity index is 38.8. The zero-order valence-corrected chi connectivity index (χ0v) is 14.5. The van der Waals surface area contributed by atoms with E-state index in [0.29, 0.717) is 0 Å². The van der Waals surface area contributed by atoms with E-state index in [0.717, 1.165) is 0 Å². The van der Waals surface area contributed by atoms with Crippen molar-refractivity contribution in [3.63, 3.8) is 0 Å². The van der Waals surface area contributed by atoms with Gasteiger partial charge in [0.1, 0.15) is 0 Å². The Morgan fingerprint density at radius 2 is 0.429 bits per heavy atom. The molecule has 0 heterocycles. The van der Waals surface area contributed by atoms with E-state index >= 15 is 0 Å². The number of hydrogen-bond donors (Lipinski definition) is 0. The van der Waals surface area contributed by atoms with Gasteiger partial charge in [0.2, 0.25) is 0 Å². The molecule has 0 saturated heterocycles. The van der Waals surface area contributed by atoms with E-state index in [-0.39, 0.29) is 30.3 Å². The maximum Gasteiger partial charge on any atom is 0 e. The van der Waals surface area contributed by atoms with E-state index in [1.54, 1.807) is 0 Å². The zero-order chi connectivity index (χ0) is 10.7. The van der Waals surface area contributed by atoms with Gasteiger partial charge in [-0.05, 0) is 0 Å². The summed E-state index contributed by atoms with van der Waals surface area (Å²) in [6.45, 7) is 18.8. The van der Waals surface area contributed by atoms with E-state index in [1.165, 1.54) is 17.8 Å².